The third-order valence-corrected chi connectivity index (χ3v) is 5.35. The number of rotatable bonds is 8. The monoisotopic (exact) mass is 385 g/mol. The van der Waals surface area contributed by atoms with Gasteiger partial charge in [-0.3, -0.25) is 4.40 Å². The zero-order valence-electron chi connectivity index (χ0n) is 17.1. The molecule has 0 amide bonds. The molecule has 4 rings (SSSR count). The fourth-order valence-corrected chi connectivity index (χ4v) is 3.81. The summed E-state index contributed by atoms with van der Waals surface area (Å²) in [5.41, 5.74) is 6.29. The van der Waals surface area contributed by atoms with Gasteiger partial charge in [-0.25, -0.2) is 4.98 Å². The largest absolute Gasteiger partial charge is 0.385 e. The number of pyridine rings is 1. The lowest BCUT2D eigenvalue weighted by Gasteiger charge is -2.15. The Morgan fingerprint density at radius 2 is 1.72 bits per heavy atom. The fraction of sp³-hybridized carbons (Fsp3) is 0.333. The molecule has 29 heavy (non-hydrogen) atoms. The first kappa shape index (κ1) is 19.1. The summed E-state index contributed by atoms with van der Waals surface area (Å²) < 4.78 is 2.12. The highest BCUT2D eigenvalue weighted by Gasteiger charge is 2.18. The molecule has 0 radical (unpaired) electrons. The summed E-state index contributed by atoms with van der Waals surface area (Å²) in [6, 6.07) is 16.9. The summed E-state index contributed by atoms with van der Waals surface area (Å²) in [7, 11) is 0. The van der Waals surface area contributed by atoms with Gasteiger partial charge in [0.05, 0.1) is 22.2 Å². The maximum atomic E-state index is 10.00. The molecule has 4 aromatic rings. The highest BCUT2D eigenvalue weighted by molar-refractivity contribution is 6.03. The van der Waals surface area contributed by atoms with Crippen molar-refractivity contribution < 1.29 is 0 Å². The van der Waals surface area contributed by atoms with Gasteiger partial charge in [0.25, 0.3) is 0 Å². The van der Waals surface area contributed by atoms with Crippen molar-refractivity contribution in [3.8, 4) is 6.07 Å². The Morgan fingerprint density at radius 3 is 2.48 bits per heavy atom. The van der Waals surface area contributed by atoms with E-state index in [1.54, 1.807) is 0 Å². The minimum atomic E-state index is 0.608. The van der Waals surface area contributed by atoms with Crippen molar-refractivity contribution in [2.45, 2.75) is 39.5 Å². The maximum Gasteiger partial charge on any atom is 0.158 e. The van der Waals surface area contributed by atoms with E-state index in [9.17, 15) is 5.26 Å². The minimum Gasteiger partial charge on any atom is -0.385 e. The number of hydrogen-bond donors (Lipinski definition) is 2. The Bertz CT molecular complexity index is 1200. The van der Waals surface area contributed by atoms with E-state index in [1.807, 2.05) is 18.2 Å². The summed E-state index contributed by atoms with van der Waals surface area (Å²) in [4.78, 5) is 4.81. The van der Waals surface area contributed by atoms with E-state index in [2.05, 4.69) is 59.2 Å². The molecule has 0 atom stereocenters. The third-order valence-electron chi connectivity index (χ3n) is 5.35. The molecule has 2 heterocycles. The smallest absolute Gasteiger partial charge is 0.158 e. The molecule has 5 heteroatoms. The van der Waals surface area contributed by atoms with Gasteiger partial charge >= 0.3 is 0 Å². The standard InChI is InChI=1S/C24H27N5/c1-3-5-13-26-17-11-12-18-22(15-17)29-21-10-8-7-9-20(21)28-24(29)19(16-25)23(18)27-14-6-4-2/h7-12,15,26-27H,3-6,13-14H2,1-2H3. The van der Waals surface area contributed by atoms with Crippen LogP contribution in [0.5, 0.6) is 0 Å². The Morgan fingerprint density at radius 1 is 0.966 bits per heavy atom. The lowest BCUT2D eigenvalue weighted by molar-refractivity contribution is 0.834. The van der Waals surface area contributed by atoms with Gasteiger partial charge in [-0.1, -0.05) is 38.8 Å². The second kappa shape index (κ2) is 8.40. The summed E-state index contributed by atoms with van der Waals surface area (Å²) in [6.07, 6.45) is 4.46. The normalized spacial score (nSPS) is 11.2. The van der Waals surface area contributed by atoms with Crippen molar-refractivity contribution in [1.29, 1.82) is 5.26 Å². The number of nitrogens with zero attached hydrogens (tertiary/aromatic N) is 3. The van der Waals surface area contributed by atoms with Crippen molar-refractivity contribution in [2.24, 2.45) is 0 Å². The van der Waals surface area contributed by atoms with Gasteiger partial charge in [0.15, 0.2) is 5.65 Å². The van der Waals surface area contributed by atoms with Gasteiger partial charge in [0.2, 0.25) is 0 Å². The fourth-order valence-electron chi connectivity index (χ4n) is 3.81. The Balaban J connectivity index is 2.00. The number of nitrogens with one attached hydrogen (secondary N) is 2. The average molecular weight is 386 g/mol. The van der Waals surface area contributed by atoms with Crippen LogP contribution in [0, 0.1) is 11.3 Å². The van der Waals surface area contributed by atoms with Crippen LogP contribution >= 0.6 is 0 Å². The number of unbranched alkanes of at least 4 members (excludes halogenated alkanes) is 2. The lowest BCUT2D eigenvalue weighted by atomic mass is 10.1. The number of benzene rings is 2. The van der Waals surface area contributed by atoms with Crippen molar-refractivity contribution in [2.75, 3.05) is 23.7 Å². The first-order valence-electron chi connectivity index (χ1n) is 10.5. The number of nitriles is 1. The molecule has 2 N–H and O–H groups in total. The number of para-hydroxylation sites is 2. The number of imidazole rings is 1. The molecule has 2 aromatic carbocycles. The van der Waals surface area contributed by atoms with Crippen LogP contribution in [0.25, 0.3) is 27.6 Å². The summed E-state index contributed by atoms with van der Waals surface area (Å²) in [6.45, 7) is 6.16. The second-order valence-corrected chi connectivity index (χ2v) is 7.41. The van der Waals surface area contributed by atoms with Crippen LogP contribution in [-0.4, -0.2) is 22.5 Å². The van der Waals surface area contributed by atoms with Gasteiger partial charge in [0.1, 0.15) is 11.6 Å². The van der Waals surface area contributed by atoms with Crippen molar-refractivity contribution >= 4 is 39.0 Å². The quantitative estimate of drug-likeness (QED) is 0.369. The molecule has 0 spiro atoms. The van der Waals surface area contributed by atoms with Gasteiger partial charge < -0.3 is 10.6 Å². The van der Waals surface area contributed by atoms with E-state index in [-0.39, 0.29) is 0 Å². The van der Waals surface area contributed by atoms with Crippen LogP contribution in [0.2, 0.25) is 0 Å². The van der Waals surface area contributed by atoms with Crippen LogP contribution < -0.4 is 10.6 Å². The molecule has 0 aliphatic carbocycles. The van der Waals surface area contributed by atoms with Crippen LogP contribution in [-0.2, 0) is 0 Å². The highest BCUT2D eigenvalue weighted by atomic mass is 15.0. The predicted molar refractivity (Wildman–Crippen MR) is 122 cm³/mol. The van der Waals surface area contributed by atoms with E-state index in [4.69, 9.17) is 4.98 Å². The van der Waals surface area contributed by atoms with Gasteiger partial charge in [-0.15, -0.1) is 0 Å². The Hall–Kier alpha value is -3.26. The molecule has 0 saturated carbocycles. The van der Waals surface area contributed by atoms with E-state index >= 15 is 0 Å². The molecule has 0 aliphatic heterocycles. The van der Waals surface area contributed by atoms with E-state index in [0.29, 0.717) is 11.2 Å². The Labute approximate surface area is 171 Å². The molecule has 5 nitrogen and oxygen atoms in total. The van der Waals surface area contributed by atoms with Crippen molar-refractivity contribution in [1.82, 2.24) is 9.38 Å². The molecule has 0 unspecified atom stereocenters. The maximum absolute atomic E-state index is 10.00. The van der Waals surface area contributed by atoms with Gasteiger partial charge in [0, 0.05) is 24.2 Å². The van der Waals surface area contributed by atoms with Crippen LogP contribution in [0.3, 0.4) is 0 Å². The van der Waals surface area contributed by atoms with Crippen LogP contribution in [0.15, 0.2) is 42.5 Å². The van der Waals surface area contributed by atoms with Gasteiger partial charge in [-0.2, -0.15) is 5.26 Å². The SMILES string of the molecule is CCCCNc1ccc2c(NCCCC)c(C#N)c3nc4ccccc4n3c2c1. The van der Waals surface area contributed by atoms with Gasteiger partial charge in [-0.05, 0) is 43.2 Å². The average Bonchev–Trinajstić information content (AvgIpc) is 3.13. The number of anilines is 2. The first-order chi connectivity index (χ1) is 14.3. The molecule has 148 valence electrons. The summed E-state index contributed by atoms with van der Waals surface area (Å²) in [5.74, 6) is 0. The van der Waals surface area contributed by atoms with Crippen molar-refractivity contribution in [3.63, 3.8) is 0 Å². The number of hydrogen-bond acceptors (Lipinski definition) is 4. The second-order valence-electron chi connectivity index (χ2n) is 7.41. The van der Waals surface area contributed by atoms with E-state index < -0.39 is 0 Å². The molecule has 0 saturated heterocycles. The van der Waals surface area contributed by atoms with E-state index in [1.165, 1.54) is 0 Å². The lowest BCUT2D eigenvalue weighted by Crippen LogP contribution is -2.07. The molecule has 2 aromatic heterocycles. The molecular weight excluding hydrogens is 358 g/mol. The van der Waals surface area contributed by atoms with Crippen molar-refractivity contribution in [3.05, 3.63) is 48.0 Å². The van der Waals surface area contributed by atoms with E-state index in [0.717, 1.165) is 72.1 Å². The zero-order chi connectivity index (χ0) is 20.2. The minimum absolute atomic E-state index is 0.608. The van der Waals surface area contributed by atoms with Crippen LogP contribution in [0.1, 0.15) is 45.1 Å². The summed E-state index contributed by atoms with van der Waals surface area (Å²) in [5, 5.41) is 18.1. The Kier molecular flexibility index (Phi) is 5.53. The molecule has 0 bridgehead atoms. The topological polar surface area (TPSA) is 65.1 Å². The molecular formula is C24H27N5. The summed E-state index contributed by atoms with van der Waals surface area (Å²) >= 11 is 0. The molecule has 0 aliphatic rings. The number of aromatic nitrogens is 2. The third kappa shape index (κ3) is 3.47. The molecule has 0 fully saturated rings. The first-order valence-corrected chi connectivity index (χ1v) is 10.5. The highest BCUT2D eigenvalue weighted by Crippen LogP contribution is 2.34. The van der Waals surface area contributed by atoms with Crippen LogP contribution in [0.4, 0.5) is 11.4 Å². The number of fused-ring (bicyclic) bond motifs is 5. The predicted octanol–water partition coefficient (Wildman–Crippen LogP) is 5.94. The zero-order valence-corrected chi connectivity index (χ0v) is 17.1.